The summed E-state index contributed by atoms with van der Waals surface area (Å²) < 4.78 is 1.76. The number of aromatic nitrogens is 2. The number of hydrogen-bond acceptors (Lipinski definition) is 4. The number of allylic oxidation sites excluding steroid dienone is 1. The first kappa shape index (κ1) is 22.0. The Hall–Kier alpha value is -2.26. The zero-order chi connectivity index (χ0) is 22.0. The van der Waals surface area contributed by atoms with Crippen molar-refractivity contribution in [2.24, 2.45) is 0 Å². The highest BCUT2D eigenvalue weighted by Gasteiger charge is 2.27. The van der Waals surface area contributed by atoms with E-state index in [4.69, 9.17) is 17.3 Å². The number of thiocarbonyl (C=S) groups is 1. The van der Waals surface area contributed by atoms with Crippen molar-refractivity contribution in [2.75, 3.05) is 0 Å². The number of hydrogen-bond donors (Lipinski definition) is 4. The fourth-order valence-corrected chi connectivity index (χ4v) is 5.25. The van der Waals surface area contributed by atoms with Crippen LogP contribution in [0.2, 0.25) is 0 Å². The van der Waals surface area contributed by atoms with Gasteiger partial charge in [-0.2, -0.15) is 10.3 Å². The Morgan fingerprint density at radius 2 is 1.90 bits per heavy atom. The van der Waals surface area contributed by atoms with E-state index in [1.165, 1.54) is 32.1 Å². The van der Waals surface area contributed by atoms with Gasteiger partial charge in [0.15, 0.2) is 10.8 Å². The average Bonchev–Trinajstić information content (AvgIpc) is 3.31. The second-order valence-electron chi connectivity index (χ2n) is 8.60. The lowest BCUT2D eigenvalue weighted by molar-refractivity contribution is -0.991. The summed E-state index contributed by atoms with van der Waals surface area (Å²) in [4.78, 5) is 0. The maximum absolute atomic E-state index is 11.7. The molecule has 3 atom stereocenters. The molecule has 31 heavy (non-hydrogen) atoms. The number of aryl methyl sites for hydroxylation is 1. The summed E-state index contributed by atoms with van der Waals surface area (Å²) in [6.45, 7) is 4.00. The summed E-state index contributed by atoms with van der Waals surface area (Å²) in [5.74, 6) is 0.223. The lowest BCUT2D eigenvalue weighted by Crippen LogP contribution is -2.99. The zero-order valence-electron chi connectivity index (χ0n) is 18.1. The third-order valence-electron chi connectivity index (χ3n) is 6.42. The van der Waals surface area contributed by atoms with Crippen molar-refractivity contribution in [3.8, 4) is 5.69 Å². The summed E-state index contributed by atoms with van der Waals surface area (Å²) in [5.41, 5.74) is 3.91. The third kappa shape index (κ3) is 4.82. The van der Waals surface area contributed by atoms with Gasteiger partial charge in [0.25, 0.3) is 0 Å². The molecule has 0 radical (unpaired) electrons. The molecule has 2 aromatic rings. The van der Waals surface area contributed by atoms with E-state index in [1.54, 1.807) is 22.9 Å². The Morgan fingerprint density at radius 1 is 1.16 bits per heavy atom. The quantitative estimate of drug-likeness (QED) is 0.324. The Bertz CT molecular complexity index is 965. The van der Waals surface area contributed by atoms with Gasteiger partial charge in [-0.15, -0.1) is 0 Å². The van der Waals surface area contributed by atoms with Crippen LogP contribution in [-0.2, 0) is 0 Å². The maximum atomic E-state index is 11.7. The Balaban J connectivity index is 1.45. The molecule has 0 amide bonds. The molecule has 2 aliphatic rings. The summed E-state index contributed by atoms with van der Waals surface area (Å²) in [5, 5.41) is 32.6. The number of nitrogens with zero attached hydrogens (tertiary/aromatic N) is 2. The highest BCUT2D eigenvalue weighted by atomic mass is 32.1. The molecule has 2 aliphatic carbocycles. The first-order valence-corrected chi connectivity index (χ1v) is 11.5. The molecule has 166 valence electrons. The number of rotatable bonds is 5. The highest BCUT2D eigenvalue weighted by molar-refractivity contribution is 7.80. The molecule has 0 aliphatic heterocycles. The monoisotopic (exact) mass is 441 g/mol. The van der Waals surface area contributed by atoms with E-state index in [2.05, 4.69) is 22.8 Å². The molecule has 4 N–H and O–H groups in total. The Morgan fingerprint density at radius 3 is 2.65 bits per heavy atom. The van der Waals surface area contributed by atoms with Gasteiger partial charge in [-0.05, 0) is 51.4 Å². The highest BCUT2D eigenvalue weighted by Crippen LogP contribution is 2.34. The van der Waals surface area contributed by atoms with Gasteiger partial charge in [0, 0.05) is 35.3 Å². The SMILES string of the molecule is Cc1nn(-c2ccccc2[NH+]([O-])O)c(C)c1[C@@H]1C=C[C@@H](NC(=S)NC2CCCCC2)C1. The summed E-state index contributed by atoms with van der Waals surface area (Å²) >= 11 is 5.56. The van der Waals surface area contributed by atoms with Crippen LogP contribution in [0.5, 0.6) is 0 Å². The molecule has 1 saturated carbocycles. The largest absolute Gasteiger partial charge is 0.595 e. The van der Waals surface area contributed by atoms with E-state index in [0.717, 1.165) is 28.5 Å². The van der Waals surface area contributed by atoms with Crippen molar-refractivity contribution in [3.05, 3.63) is 58.6 Å². The van der Waals surface area contributed by atoms with Crippen LogP contribution in [0.4, 0.5) is 5.69 Å². The van der Waals surface area contributed by atoms with E-state index < -0.39 is 5.23 Å². The standard InChI is InChI=1S/C23H31N5O2S/c1-15-22(16(2)27(26-15)20-10-6-7-11-21(20)28(29)30)17-12-13-19(14-17)25-23(31)24-18-8-4-3-5-9-18/h6-7,10-13,17-19,28-29H,3-5,8-9,14H2,1-2H3,(H2,24,25,31)/t17-,19-/m1/s1. The second-order valence-corrected chi connectivity index (χ2v) is 9.01. The van der Waals surface area contributed by atoms with E-state index in [9.17, 15) is 10.4 Å². The van der Waals surface area contributed by atoms with Crippen LogP contribution < -0.4 is 15.9 Å². The zero-order valence-corrected chi connectivity index (χ0v) is 18.9. The van der Waals surface area contributed by atoms with Crippen molar-refractivity contribution in [1.29, 1.82) is 0 Å². The summed E-state index contributed by atoms with van der Waals surface area (Å²) in [7, 11) is 0. The number of quaternary nitrogens is 1. The molecule has 1 aromatic heterocycles. The van der Waals surface area contributed by atoms with Crippen LogP contribution in [0.25, 0.3) is 5.69 Å². The normalized spacial score (nSPS) is 22.5. The molecular weight excluding hydrogens is 410 g/mol. The summed E-state index contributed by atoms with van der Waals surface area (Å²) in [6, 6.07) is 7.67. The predicted octanol–water partition coefficient (Wildman–Crippen LogP) is 3.10. The van der Waals surface area contributed by atoms with Gasteiger partial charge < -0.3 is 15.8 Å². The lowest BCUT2D eigenvalue weighted by atomic mass is 9.95. The first-order valence-electron chi connectivity index (χ1n) is 11.1. The minimum Gasteiger partial charge on any atom is -0.595 e. The van der Waals surface area contributed by atoms with E-state index in [1.807, 2.05) is 19.9 Å². The van der Waals surface area contributed by atoms with Gasteiger partial charge in [0.1, 0.15) is 5.69 Å². The van der Waals surface area contributed by atoms with Crippen molar-refractivity contribution in [3.63, 3.8) is 0 Å². The topological polar surface area (TPSA) is 89.6 Å². The Kier molecular flexibility index (Phi) is 6.71. The van der Waals surface area contributed by atoms with Gasteiger partial charge in [-0.25, -0.2) is 9.89 Å². The Labute approximate surface area is 188 Å². The van der Waals surface area contributed by atoms with E-state index in [0.29, 0.717) is 11.7 Å². The average molecular weight is 442 g/mol. The van der Waals surface area contributed by atoms with Crippen LogP contribution in [0, 0.1) is 19.1 Å². The van der Waals surface area contributed by atoms with Crippen LogP contribution >= 0.6 is 12.2 Å². The van der Waals surface area contributed by atoms with Crippen LogP contribution in [0.1, 0.15) is 61.4 Å². The summed E-state index contributed by atoms with van der Waals surface area (Å²) in [6.07, 6.45) is 11.6. The van der Waals surface area contributed by atoms with Crippen molar-refractivity contribution in [2.45, 2.75) is 70.4 Å². The van der Waals surface area contributed by atoms with Crippen molar-refractivity contribution >= 4 is 23.0 Å². The minimum absolute atomic E-state index is 0.182. The van der Waals surface area contributed by atoms with E-state index >= 15 is 0 Å². The molecule has 1 unspecified atom stereocenters. The molecule has 8 heteroatoms. The molecule has 0 bridgehead atoms. The van der Waals surface area contributed by atoms with Crippen LogP contribution in [0.15, 0.2) is 36.4 Å². The fourth-order valence-electron chi connectivity index (χ4n) is 4.93. The van der Waals surface area contributed by atoms with Crippen LogP contribution in [-0.4, -0.2) is 32.2 Å². The molecular formula is C23H31N5O2S. The molecule has 1 aromatic carbocycles. The molecule has 0 spiro atoms. The lowest BCUT2D eigenvalue weighted by Gasteiger charge is -2.25. The smallest absolute Gasteiger partial charge is 0.189 e. The van der Waals surface area contributed by atoms with Gasteiger partial charge in [0.05, 0.1) is 5.69 Å². The van der Waals surface area contributed by atoms with Gasteiger partial charge in [-0.3, -0.25) is 0 Å². The molecule has 7 nitrogen and oxygen atoms in total. The first-order chi connectivity index (χ1) is 14.9. The maximum Gasteiger partial charge on any atom is 0.189 e. The number of benzene rings is 1. The van der Waals surface area contributed by atoms with Crippen molar-refractivity contribution < 1.29 is 10.4 Å². The second kappa shape index (κ2) is 9.48. The third-order valence-corrected chi connectivity index (χ3v) is 6.66. The van der Waals surface area contributed by atoms with Crippen molar-refractivity contribution in [1.82, 2.24) is 20.4 Å². The van der Waals surface area contributed by atoms with Gasteiger partial charge >= 0.3 is 0 Å². The number of nitrogens with one attached hydrogen (secondary N) is 3. The molecule has 1 fully saturated rings. The minimum atomic E-state index is -0.950. The predicted molar refractivity (Wildman–Crippen MR) is 125 cm³/mol. The van der Waals surface area contributed by atoms with Gasteiger partial charge in [0.2, 0.25) is 0 Å². The number of para-hydroxylation sites is 2. The van der Waals surface area contributed by atoms with Crippen LogP contribution in [0.3, 0.4) is 0 Å². The molecule has 4 rings (SSSR count). The molecule has 1 heterocycles. The fraction of sp³-hybridized carbons (Fsp3) is 0.478. The van der Waals surface area contributed by atoms with Gasteiger partial charge in [-0.1, -0.05) is 43.5 Å². The van der Waals surface area contributed by atoms with E-state index in [-0.39, 0.29) is 17.6 Å². The molecule has 0 saturated heterocycles.